The molecule has 2 atom stereocenters. The number of esters is 1. The van der Waals surface area contributed by atoms with E-state index in [1.54, 1.807) is 48.5 Å². The number of aryl methyl sites for hydroxylation is 1. The van der Waals surface area contributed by atoms with Crippen molar-refractivity contribution >= 4 is 15.8 Å². The highest BCUT2D eigenvalue weighted by atomic mass is 32.2. The van der Waals surface area contributed by atoms with Gasteiger partial charge in [-0.2, -0.15) is 0 Å². The second-order valence-electron chi connectivity index (χ2n) is 5.42. The summed E-state index contributed by atoms with van der Waals surface area (Å²) in [5.74, 6) is -0.477. The number of cyclic esters (lactones) is 1. The first-order valence-corrected chi connectivity index (χ1v) is 8.58. The molecule has 3 rings (SSSR count). The van der Waals surface area contributed by atoms with Crippen LogP contribution in [0.4, 0.5) is 0 Å². The smallest absolute Gasteiger partial charge is 0.307 e. The van der Waals surface area contributed by atoms with E-state index >= 15 is 0 Å². The Hall–Kier alpha value is -2.14. The Morgan fingerprint density at radius 3 is 2.27 bits per heavy atom. The van der Waals surface area contributed by atoms with Crippen LogP contribution in [0.5, 0.6) is 0 Å². The van der Waals surface area contributed by atoms with Gasteiger partial charge in [0.25, 0.3) is 0 Å². The maximum atomic E-state index is 12.8. The second-order valence-corrected chi connectivity index (χ2v) is 7.59. The molecule has 0 aliphatic carbocycles. The number of rotatable bonds is 3. The fourth-order valence-corrected chi connectivity index (χ4v) is 4.40. The van der Waals surface area contributed by atoms with E-state index in [2.05, 4.69) is 0 Å². The van der Waals surface area contributed by atoms with Crippen LogP contribution in [0.15, 0.2) is 59.5 Å². The summed E-state index contributed by atoms with van der Waals surface area (Å²) in [6.45, 7) is 1.89. The standard InChI is InChI=1S/C17H16O4S/c1-12-7-9-14(10-8-12)22(19,20)15-11-16(18)21-17(15)13-5-3-2-4-6-13/h2-10,15,17H,11H2,1H3. The molecule has 0 spiro atoms. The van der Waals surface area contributed by atoms with Gasteiger partial charge in [-0.25, -0.2) is 8.42 Å². The molecule has 1 aliphatic rings. The molecule has 5 heteroatoms. The molecule has 4 nitrogen and oxygen atoms in total. The maximum Gasteiger partial charge on any atom is 0.307 e. The zero-order chi connectivity index (χ0) is 15.7. The fourth-order valence-electron chi connectivity index (χ4n) is 2.64. The van der Waals surface area contributed by atoms with E-state index in [-0.39, 0.29) is 11.3 Å². The van der Waals surface area contributed by atoms with Crippen LogP contribution in [0.2, 0.25) is 0 Å². The molecule has 2 aromatic rings. The third-order valence-corrected chi connectivity index (χ3v) is 5.98. The van der Waals surface area contributed by atoms with Crippen molar-refractivity contribution < 1.29 is 17.9 Å². The lowest BCUT2D eigenvalue weighted by Crippen LogP contribution is -2.25. The van der Waals surface area contributed by atoms with Crippen molar-refractivity contribution in [2.45, 2.75) is 29.6 Å². The quantitative estimate of drug-likeness (QED) is 0.817. The maximum absolute atomic E-state index is 12.8. The highest BCUT2D eigenvalue weighted by Gasteiger charge is 2.44. The first-order chi connectivity index (χ1) is 10.5. The van der Waals surface area contributed by atoms with Crippen LogP contribution < -0.4 is 0 Å². The molecule has 2 aromatic carbocycles. The molecule has 2 unspecified atom stereocenters. The number of sulfone groups is 1. The van der Waals surface area contributed by atoms with Crippen LogP contribution in [0.1, 0.15) is 23.7 Å². The SMILES string of the molecule is Cc1ccc(S(=O)(=O)C2CC(=O)OC2c2ccccc2)cc1. The van der Waals surface area contributed by atoms with Gasteiger partial charge in [-0.1, -0.05) is 48.0 Å². The van der Waals surface area contributed by atoms with E-state index in [4.69, 9.17) is 4.74 Å². The zero-order valence-corrected chi connectivity index (χ0v) is 12.9. The molecule has 1 fully saturated rings. The summed E-state index contributed by atoms with van der Waals surface area (Å²) in [7, 11) is -3.63. The lowest BCUT2D eigenvalue weighted by Gasteiger charge is -2.18. The highest BCUT2D eigenvalue weighted by molar-refractivity contribution is 7.92. The summed E-state index contributed by atoms with van der Waals surface area (Å²) in [4.78, 5) is 11.9. The molecular formula is C17H16O4S. The molecule has 1 heterocycles. The van der Waals surface area contributed by atoms with E-state index in [1.807, 2.05) is 13.0 Å². The molecule has 22 heavy (non-hydrogen) atoms. The monoisotopic (exact) mass is 316 g/mol. The zero-order valence-electron chi connectivity index (χ0n) is 12.1. The van der Waals surface area contributed by atoms with Crippen LogP contribution in [-0.2, 0) is 19.4 Å². The third kappa shape index (κ3) is 2.64. The Morgan fingerprint density at radius 1 is 1.00 bits per heavy atom. The largest absolute Gasteiger partial charge is 0.456 e. The van der Waals surface area contributed by atoms with Gasteiger partial charge < -0.3 is 4.74 Å². The van der Waals surface area contributed by atoms with E-state index in [0.29, 0.717) is 5.56 Å². The Bertz CT molecular complexity index is 779. The Balaban J connectivity index is 2.01. The van der Waals surface area contributed by atoms with Gasteiger partial charge in [0, 0.05) is 0 Å². The van der Waals surface area contributed by atoms with Gasteiger partial charge in [0.15, 0.2) is 9.84 Å². The average molecular weight is 316 g/mol. The van der Waals surface area contributed by atoms with Gasteiger partial charge >= 0.3 is 5.97 Å². The van der Waals surface area contributed by atoms with Crippen molar-refractivity contribution in [3.8, 4) is 0 Å². The lowest BCUT2D eigenvalue weighted by molar-refractivity contribution is -0.141. The van der Waals surface area contributed by atoms with Crippen molar-refractivity contribution in [3.63, 3.8) is 0 Å². The van der Waals surface area contributed by atoms with Crippen LogP contribution in [0.25, 0.3) is 0 Å². The number of hydrogen-bond acceptors (Lipinski definition) is 4. The summed E-state index contributed by atoms with van der Waals surface area (Å²) in [5, 5.41) is -0.884. The summed E-state index contributed by atoms with van der Waals surface area (Å²) in [5.41, 5.74) is 1.69. The van der Waals surface area contributed by atoms with Crippen molar-refractivity contribution in [3.05, 3.63) is 65.7 Å². The summed E-state index contributed by atoms with van der Waals surface area (Å²) in [6.07, 6.45) is -0.865. The molecule has 114 valence electrons. The molecule has 1 aliphatic heterocycles. The molecule has 0 N–H and O–H groups in total. The number of hydrogen-bond donors (Lipinski definition) is 0. The number of carbonyl (C=O) groups excluding carboxylic acids is 1. The first kappa shape index (κ1) is 14.8. The summed E-state index contributed by atoms with van der Waals surface area (Å²) < 4.78 is 31.0. The van der Waals surface area contributed by atoms with Gasteiger partial charge in [0.05, 0.1) is 11.3 Å². The molecule has 0 amide bonds. The van der Waals surface area contributed by atoms with Gasteiger partial charge in [-0.05, 0) is 24.6 Å². The number of benzene rings is 2. The number of ether oxygens (including phenoxy) is 1. The fraction of sp³-hybridized carbons (Fsp3) is 0.235. The molecule has 1 saturated heterocycles. The Labute approximate surface area is 129 Å². The minimum Gasteiger partial charge on any atom is -0.456 e. The summed E-state index contributed by atoms with van der Waals surface area (Å²) in [6, 6.07) is 15.7. The van der Waals surface area contributed by atoms with E-state index in [1.165, 1.54) is 0 Å². The van der Waals surface area contributed by atoms with Crippen molar-refractivity contribution in [2.24, 2.45) is 0 Å². The van der Waals surface area contributed by atoms with Crippen molar-refractivity contribution in [1.29, 1.82) is 0 Å². The molecular weight excluding hydrogens is 300 g/mol. The van der Waals surface area contributed by atoms with Gasteiger partial charge in [-0.15, -0.1) is 0 Å². The highest BCUT2D eigenvalue weighted by Crippen LogP contribution is 2.37. The van der Waals surface area contributed by atoms with Crippen molar-refractivity contribution in [1.82, 2.24) is 0 Å². The average Bonchev–Trinajstić information content (AvgIpc) is 2.91. The molecule has 0 aromatic heterocycles. The van der Waals surface area contributed by atoms with Crippen molar-refractivity contribution in [2.75, 3.05) is 0 Å². The van der Waals surface area contributed by atoms with E-state index in [0.717, 1.165) is 5.56 Å². The normalized spacial score (nSPS) is 21.6. The predicted molar refractivity (Wildman–Crippen MR) is 82.0 cm³/mol. The minimum absolute atomic E-state index is 0.115. The molecule has 0 bridgehead atoms. The Morgan fingerprint density at radius 2 is 1.64 bits per heavy atom. The number of carbonyl (C=O) groups is 1. The first-order valence-electron chi connectivity index (χ1n) is 7.03. The topological polar surface area (TPSA) is 60.4 Å². The summed E-state index contributed by atoms with van der Waals surface area (Å²) >= 11 is 0. The predicted octanol–water partition coefficient (Wildman–Crippen LogP) is 2.83. The van der Waals surface area contributed by atoms with Crippen LogP contribution in [-0.4, -0.2) is 19.6 Å². The van der Waals surface area contributed by atoms with Gasteiger partial charge in [-0.3, -0.25) is 4.79 Å². The van der Waals surface area contributed by atoms with E-state index < -0.39 is 27.2 Å². The van der Waals surface area contributed by atoms with Crippen LogP contribution in [0, 0.1) is 6.92 Å². The minimum atomic E-state index is -3.63. The van der Waals surface area contributed by atoms with Gasteiger partial charge in [0.2, 0.25) is 0 Å². The van der Waals surface area contributed by atoms with E-state index in [9.17, 15) is 13.2 Å². The second kappa shape index (κ2) is 5.57. The molecule has 0 radical (unpaired) electrons. The third-order valence-electron chi connectivity index (χ3n) is 3.84. The van der Waals surface area contributed by atoms with Gasteiger partial charge in [0.1, 0.15) is 11.4 Å². The van der Waals surface area contributed by atoms with Crippen LogP contribution in [0.3, 0.4) is 0 Å². The van der Waals surface area contributed by atoms with Crippen LogP contribution >= 0.6 is 0 Å². The molecule has 0 saturated carbocycles. The Kier molecular flexibility index (Phi) is 3.74. The lowest BCUT2D eigenvalue weighted by atomic mass is 10.1.